The van der Waals surface area contributed by atoms with Gasteiger partial charge in [-0.15, -0.1) is 11.3 Å². The zero-order valence-corrected chi connectivity index (χ0v) is 25.2. The van der Waals surface area contributed by atoms with Crippen molar-refractivity contribution < 1.29 is 9.90 Å². The van der Waals surface area contributed by atoms with Crippen LogP contribution in [0.25, 0.3) is 44.0 Å². The molecule has 216 valence electrons. The number of nitriles is 1. The lowest BCUT2D eigenvalue weighted by Crippen LogP contribution is -1.96. The van der Waals surface area contributed by atoms with Crippen LogP contribution < -0.4 is 0 Å². The number of aliphatic carboxylic acids is 1. The molecule has 0 aliphatic rings. The summed E-state index contributed by atoms with van der Waals surface area (Å²) in [4.78, 5) is 13.0. The highest BCUT2D eigenvalue weighted by molar-refractivity contribution is 7.16. The van der Waals surface area contributed by atoms with Gasteiger partial charge >= 0.3 is 5.97 Å². The summed E-state index contributed by atoms with van der Waals surface area (Å²) in [5, 5.41) is 20.8. The first-order valence-corrected chi connectivity index (χ1v) is 15.6. The second-order valence-electron chi connectivity index (χ2n) is 11.1. The molecule has 0 fully saturated rings. The number of hydrogen-bond donors (Lipinski definition) is 1. The Labute approximate surface area is 265 Å². The molecule has 0 saturated carbocycles. The molecule has 0 atom stereocenters. The Hall–Kier alpha value is -5.70. The van der Waals surface area contributed by atoms with Crippen molar-refractivity contribution in [3.8, 4) is 22.2 Å². The SMILES string of the molecule is N#C/C(=C\c1ccc(-c2ccc(-n3c4cc(Cc5ccccc5)ccc4c4ccc(Cc5ccccc5)cc43)cc2)s1)C(=O)O. The predicted molar refractivity (Wildman–Crippen MR) is 184 cm³/mol. The molecular weight excluding hydrogens is 573 g/mol. The highest BCUT2D eigenvalue weighted by Crippen LogP contribution is 2.36. The summed E-state index contributed by atoms with van der Waals surface area (Å²) >= 11 is 1.46. The molecule has 0 bridgehead atoms. The molecular formula is C40H28N2O2S. The molecule has 4 nitrogen and oxygen atoms in total. The van der Waals surface area contributed by atoms with Crippen LogP contribution in [-0.4, -0.2) is 15.6 Å². The van der Waals surface area contributed by atoms with Gasteiger partial charge in [0.15, 0.2) is 0 Å². The van der Waals surface area contributed by atoms with E-state index in [1.54, 1.807) is 6.07 Å². The molecule has 0 aliphatic carbocycles. The minimum atomic E-state index is -1.22. The van der Waals surface area contributed by atoms with E-state index in [0.29, 0.717) is 0 Å². The van der Waals surface area contributed by atoms with Crippen LogP contribution in [0.15, 0.2) is 139 Å². The number of carbonyl (C=O) groups is 1. The largest absolute Gasteiger partial charge is 0.477 e. The Balaban J connectivity index is 1.32. The van der Waals surface area contributed by atoms with Crippen molar-refractivity contribution in [1.82, 2.24) is 4.57 Å². The summed E-state index contributed by atoms with van der Waals surface area (Å²) in [7, 11) is 0. The van der Waals surface area contributed by atoms with Crippen molar-refractivity contribution in [2.75, 3.05) is 0 Å². The number of fused-ring (bicyclic) bond motifs is 3. The number of thiophene rings is 1. The van der Waals surface area contributed by atoms with E-state index in [2.05, 4.69) is 126 Å². The van der Waals surface area contributed by atoms with Crippen LogP contribution in [0.4, 0.5) is 0 Å². The normalized spacial score (nSPS) is 11.6. The maximum absolute atomic E-state index is 11.3. The number of nitrogens with zero attached hydrogens (tertiary/aromatic N) is 2. The Morgan fingerprint density at radius 3 is 1.76 bits per heavy atom. The van der Waals surface area contributed by atoms with Gasteiger partial charge < -0.3 is 9.67 Å². The van der Waals surface area contributed by atoms with Crippen LogP contribution in [0.3, 0.4) is 0 Å². The molecule has 2 heterocycles. The molecule has 7 rings (SSSR count). The van der Waals surface area contributed by atoms with Gasteiger partial charge in [0, 0.05) is 26.2 Å². The third-order valence-corrected chi connectivity index (χ3v) is 9.15. The summed E-state index contributed by atoms with van der Waals surface area (Å²) < 4.78 is 2.37. The van der Waals surface area contributed by atoms with Crippen LogP contribution in [0.2, 0.25) is 0 Å². The predicted octanol–water partition coefficient (Wildman–Crippen LogP) is 9.69. The van der Waals surface area contributed by atoms with E-state index in [9.17, 15) is 9.90 Å². The van der Waals surface area contributed by atoms with Crippen molar-refractivity contribution >= 4 is 45.2 Å². The van der Waals surface area contributed by atoms with E-state index in [1.807, 2.05) is 12.1 Å². The number of aromatic nitrogens is 1. The first-order valence-electron chi connectivity index (χ1n) is 14.8. The van der Waals surface area contributed by atoms with Crippen LogP contribution in [0.1, 0.15) is 27.1 Å². The number of hydrogen-bond acceptors (Lipinski definition) is 3. The van der Waals surface area contributed by atoms with E-state index in [1.165, 1.54) is 61.5 Å². The van der Waals surface area contributed by atoms with Gasteiger partial charge in [-0.05, 0) is 83.1 Å². The van der Waals surface area contributed by atoms with Crippen LogP contribution in [0.5, 0.6) is 0 Å². The minimum absolute atomic E-state index is 0.275. The Morgan fingerprint density at radius 1 is 0.689 bits per heavy atom. The lowest BCUT2D eigenvalue weighted by Gasteiger charge is -2.11. The molecule has 0 amide bonds. The molecule has 1 N–H and O–H groups in total. The van der Waals surface area contributed by atoms with E-state index < -0.39 is 5.97 Å². The lowest BCUT2D eigenvalue weighted by atomic mass is 10.0. The summed E-state index contributed by atoms with van der Waals surface area (Å²) in [6, 6.07) is 48.8. The first kappa shape index (κ1) is 28.1. The molecule has 0 unspecified atom stereocenters. The molecule has 0 spiro atoms. The maximum Gasteiger partial charge on any atom is 0.346 e. The zero-order chi connectivity index (χ0) is 30.8. The van der Waals surface area contributed by atoms with Gasteiger partial charge in [-0.25, -0.2) is 4.79 Å². The number of carboxylic acid groups (broad SMARTS) is 1. The van der Waals surface area contributed by atoms with E-state index >= 15 is 0 Å². The van der Waals surface area contributed by atoms with Gasteiger partial charge in [-0.3, -0.25) is 0 Å². The van der Waals surface area contributed by atoms with Gasteiger partial charge in [-0.1, -0.05) is 97.1 Å². The number of benzene rings is 5. The molecule has 0 radical (unpaired) electrons. The van der Waals surface area contributed by atoms with Gasteiger partial charge in [0.1, 0.15) is 11.6 Å². The average Bonchev–Trinajstić information content (AvgIpc) is 3.66. The summed E-state index contributed by atoms with van der Waals surface area (Å²) in [5.74, 6) is -1.22. The lowest BCUT2D eigenvalue weighted by molar-refractivity contribution is -0.132. The third kappa shape index (κ3) is 5.80. The van der Waals surface area contributed by atoms with Crippen LogP contribution in [0, 0.1) is 11.3 Å². The van der Waals surface area contributed by atoms with Gasteiger partial charge in [0.25, 0.3) is 0 Å². The van der Waals surface area contributed by atoms with E-state index in [4.69, 9.17) is 5.26 Å². The molecule has 5 aromatic carbocycles. The summed E-state index contributed by atoms with van der Waals surface area (Å²) in [5.41, 5.74) is 9.26. The van der Waals surface area contributed by atoms with Crippen LogP contribution >= 0.6 is 11.3 Å². The van der Waals surface area contributed by atoms with Crippen molar-refractivity contribution in [1.29, 1.82) is 5.26 Å². The number of carboxylic acids is 1. The molecule has 0 saturated heterocycles. The topological polar surface area (TPSA) is 66.0 Å². The van der Waals surface area contributed by atoms with Gasteiger partial charge in [0.2, 0.25) is 0 Å². The molecule has 7 aromatic rings. The molecule has 0 aliphatic heterocycles. The standard InChI is InChI=1S/C40H28N2O2S/c41-26-32(40(43)44)25-34-17-20-39(45-34)31-13-15-33(16-14-31)42-37-23-29(21-27-7-3-1-4-8-27)11-18-35(37)36-19-12-30(24-38(36)42)22-28-9-5-2-6-10-28/h1-20,23-25H,21-22H2,(H,43,44)/b32-25+. The van der Waals surface area contributed by atoms with Crippen molar-refractivity contribution in [2.45, 2.75) is 12.8 Å². The zero-order valence-electron chi connectivity index (χ0n) is 24.4. The first-order chi connectivity index (χ1) is 22.1. The van der Waals surface area contributed by atoms with Crippen molar-refractivity contribution in [3.63, 3.8) is 0 Å². The fourth-order valence-electron chi connectivity index (χ4n) is 5.92. The highest BCUT2D eigenvalue weighted by atomic mass is 32.1. The summed E-state index contributed by atoms with van der Waals surface area (Å²) in [6.45, 7) is 0. The third-order valence-electron chi connectivity index (χ3n) is 8.07. The fraction of sp³-hybridized carbons (Fsp3) is 0.0500. The molecule has 5 heteroatoms. The second-order valence-corrected chi connectivity index (χ2v) is 12.2. The summed E-state index contributed by atoms with van der Waals surface area (Å²) in [6.07, 6.45) is 3.14. The Morgan fingerprint density at radius 2 is 1.24 bits per heavy atom. The Bertz CT molecular complexity index is 2140. The average molecular weight is 601 g/mol. The second kappa shape index (κ2) is 12.1. The Kier molecular flexibility index (Phi) is 7.57. The van der Waals surface area contributed by atoms with Gasteiger partial charge in [-0.2, -0.15) is 5.26 Å². The van der Waals surface area contributed by atoms with E-state index in [0.717, 1.165) is 33.8 Å². The van der Waals surface area contributed by atoms with Crippen molar-refractivity contribution in [2.24, 2.45) is 0 Å². The smallest absolute Gasteiger partial charge is 0.346 e. The minimum Gasteiger partial charge on any atom is -0.477 e. The number of rotatable bonds is 8. The van der Waals surface area contributed by atoms with Crippen LogP contribution in [-0.2, 0) is 17.6 Å². The molecule has 45 heavy (non-hydrogen) atoms. The highest BCUT2D eigenvalue weighted by Gasteiger charge is 2.15. The maximum atomic E-state index is 11.3. The quantitative estimate of drug-likeness (QED) is 0.139. The van der Waals surface area contributed by atoms with E-state index in [-0.39, 0.29) is 5.57 Å². The van der Waals surface area contributed by atoms with Crippen molar-refractivity contribution in [3.05, 3.63) is 166 Å². The monoisotopic (exact) mass is 600 g/mol. The van der Waals surface area contributed by atoms with Gasteiger partial charge in [0.05, 0.1) is 11.0 Å². The fourth-order valence-corrected chi connectivity index (χ4v) is 6.87. The molecule has 2 aromatic heterocycles.